The number of carbonyl (C=O) groups is 4. The smallest absolute Gasteiger partial charge is 0.305 e. The topological polar surface area (TPSA) is 114 Å². The highest BCUT2D eigenvalue weighted by atomic mass is 35.5. The zero-order valence-corrected chi connectivity index (χ0v) is 24.2. The number of likely N-dealkylation sites (N-methyl/N-ethyl adjacent to an activating group) is 1. The van der Waals surface area contributed by atoms with Crippen LogP contribution in [0.2, 0.25) is 0 Å². The minimum absolute atomic E-state index is 0.0762. The Morgan fingerprint density at radius 2 is 1.70 bits per heavy atom. The Hall–Kier alpha value is -3.85. The lowest BCUT2D eigenvalue weighted by atomic mass is 9.87. The minimum atomic E-state index is -0.977. The third kappa shape index (κ3) is 5.56. The van der Waals surface area contributed by atoms with E-state index in [1.807, 2.05) is 45.0 Å². The van der Waals surface area contributed by atoms with E-state index < -0.39 is 23.6 Å². The molecule has 2 N–H and O–H groups in total. The fourth-order valence-corrected chi connectivity index (χ4v) is 5.55. The molecule has 0 saturated carbocycles. The Morgan fingerprint density at radius 3 is 2.27 bits per heavy atom. The van der Waals surface area contributed by atoms with Crippen LogP contribution in [0.5, 0.6) is 0 Å². The summed E-state index contributed by atoms with van der Waals surface area (Å²) in [4.78, 5) is 59.4. The van der Waals surface area contributed by atoms with Crippen molar-refractivity contribution in [3.05, 3.63) is 70.9 Å². The molecule has 0 spiro atoms. The van der Waals surface area contributed by atoms with E-state index in [9.17, 15) is 19.2 Å². The number of carboxylic acids is 1. The normalized spacial score (nSPS) is 16.9. The van der Waals surface area contributed by atoms with Crippen LogP contribution in [0.15, 0.2) is 48.5 Å². The van der Waals surface area contributed by atoms with Gasteiger partial charge in [-0.2, -0.15) is 0 Å². The van der Waals surface area contributed by atoms with Crippen LogP contribution in [0.3, 0.4) is 0 Å². The molecular formula is C30H35ClN4O5. The number of hydrogen-bond acceptors (Lipinski definition) is 4. The number of rotatable bonds is 7. The van der Waals surface area contributed by atoms with E-state index in [0.717, 1.165) is 22.2 Å². The maximum atomic E-state index is 13.4. The number of H-pyrrole nitrogens is 1. The monoisotopic (exact) mass is 566 g/mol. The number of alkyl halides is 1. The van der Waals surface area contributed by atoms with Crippen molar-refractivity contribution < 1.29 is 24.3 Å². The molecule has 2 heterocycles. The number of nitrogens with zero attached hydrogens (tertiary/aromatic N) is 3. The highest BCUT2D eigenvalue weighted by molar-refractivity contribution is 6.27. The Labute approximate surface area is 238 Å². The highest BCUT2D eigenvalue weighted by Gasteiger charge is 2.43. The second kappa shape index (κ2) is 11.3. The van der Waals surface area contributed by atoms with E-state index in [1.165, 1.54) is 4.90 Å². The fourth-order valence-electron chi connectivity index (χ4n) is 5.42. The van der Waals surface area contributed by atoms with Crippen molar-refractivity contribution in [2.24, 2.45) is 0 Å². The number of nitrogens with one attached hydrogen (secondary N) is 1. The number of halogens is 1. The van der Waals surface area contributed by atoms with Crippen molar-refractivity contribution >= 4 is 46.2 Å². The molecule has 4 rings (SSSR count). The van der Waals surface area contributed by atoms with Crippen LogP contribution in [0.25, 0.3) is 10.9 Å². The number of carbonyl (C=O) groups excluding carboxylic acids is 3. The van der Waals surface area contributed by atoms with Crippen molar-refractivity contribution in [2.75, 3.05) is 26.5 Å². The van der Waals surface area contributed by atoms with Crippen molar-refractivity contribution in [3.63, 3.8) is 0 Å². The molecule has 0 radical (unpaired) electrons. The summed E-state index contributed by atoms with van der Waals surface area (Å²) in [5.41, 5.74) is 3.20. The van der Waals surface area contributed by atoms with Gasteiger partial charge in [-0.15, -0.1) is 11.6 Å². The zero-order chi connectivity index (χ0) is 29.4. The predicted octanol–water partition coefficient (Wildman–Crippen LogP) is 4.05. The molecule has 3 amide bonds. The van der Waals surface area contributed by atoms with Gasteiger partial charge in [-0.1, -0.05) is 30.3 Å². The second-order valence-electron chi connectivity index (χ2n) is 11.2. The average Bonchev–Trinajstić information content (AvgIpc) is 3.28. The molecule has 0 unspecified atom stereocenters. The van der Waals surface area contributed by atoms with Gasteiger partial charge in [0.1, 0.15) is 11.9 Å². The van der Waals surface area contributed by atoms with Gasteiger partial charge in [-0.05, 0) is 50.1 Å². The van der Waals surface area contributed by atoms with Crippen molar-refractivity contribution in [3.8, 4) is 0 Å². The zero-order valence-electron chi connectivity index (χ0n) is 23.4. The second-order valence-corrected chi connectivity index (χ2v) is 11.5. The Bertz CT molecular complexity index is 1440. The highest BCUT2D eigenvalue weighted by Crippen LogP contribution is 2.41. The average molecular weight is 567 g/mol. The van der Waals surface area contributed by atoms with Gasteiger partial charge in [0.2, 0.25) is 11.8 Å². The minimum Gasteiger partial charge on any atom is -0.481 e. The van der Waals surface area contributed by atoms with Crippen LogP contribution in [0.1, 0.15) is 60.4 Å². The molecule has 9 nitrogen and oxygen atoms in total. The molecule has 0 bridgehead atoms. The van der Waals surface area contributed by atoms with Gasteiger partial charge in [-0.3, -0.25) is 19.2 Å². The van der Waals surface area contributed by atoms with Gasteiger partial charge in [0.25, 0.3) is 5.91 Å². The number of benzene rings is 2. The summed E-state index contributed by atoms with van der Waals surface area (Å²) in [6.45, 7) is 5.65. The first-order chi connectivity index (χ1) is 18.8. The number of aromatic amines is 1. The molecule has 40 heavy (non-hydrogen) atoms. The molecule has 0 aliphatic carbocycles. The van der Waals surface area contributed by atoms with Crippen LogP contribution in [0, 0.1) is 0 Å². The lowest BCUT2D eigenvalue weighted by Gasteiger charge is -2.42. The molecule has 10 heteroatoms. The number of fused-ring (bicyclic) bond motifs is 3. The lowest BCUT2D eigenvalue weighted by Crippen LogP contribution is -2.54. The Kier molecular flexibility index (Phi) is 8.25. The lowest BCUT2D eigenvalue weighted by molar-refractivity contribution is -0.145. The number of aromatic nitrogens is 1. The van der Waals surface area contributed by atoms with E-state index in [2.05, 4.69) is 4.98 Å². The molecule has 0 saturated heterocycles. The first kappa shape index (κ1) is 29.1. The molecule has 2 aromatic carbocycles. The summed E-state index contributed by atoms with van der Waals surface area (Å²) >= 11 is 6.07. The summed E-state index contributed by atoms with van der Waals surface area (Å²) in [5, 5.41) is 10.2. The number of para-hydroxylation sites is 1. The van der Waals surface area contributed by atoms with Crippen LogP contribution < -0.4 is 0 Å². The van der Waals surface area contributed by atoms with Gasteiger partial charge in [0, 0.05) is 54.8 Å². The van der Waals surface area contributed by atoms with Crippen molar-refractivity contribution in [2.45, 2.75) is 51.2 Å². The molecule has 0 fully saturated rings. The molecule has 212 valence electrons. The summed E-state index contributed by atoms with van der Waals surface area (Å²) in [5.74, 6) is -2.13. The molecule has 1 aliphatic heterocycles. The van der Waals surface area contributed by atoms with Crippen LogP contribution >= 0.6 is 11.6 Å². The van der Waals surface area contributed by atoms with E-state index in [-0.39, 0.29) is 36.6 Å². The van der Waals surface area contributed by atoms with E-state index >= 15 is 0 Å². The van der Waals surface area contributed by atoms with Gasteiger partial charge in [-0.25, -0.2) is 0 Å². The molecular weight excluding hydrogens is 532 g/mol. The standard InChI is InChI=1S/C30H35ClN4O5/c1-30(2,3)34(15-14-25(37)38)28(39)19-12-10-18(11-13-19)27-26-21(20-8-6-7-9-22(20)32-26)16-23(29(40)33(4)5)35(27)24(36)17-31/h6-13,23,27,32H,14-17H2,1-5H3,(H,37,38)/t23-,27+/m1/s1. The van der Waals surface area contributed by atoms with Crippen LogP contribution in [-0.2, 0) is 20.8 Å². The number of hydrogen-bond donors (Lipinski definition) is 2. The Morgan fingerprint density at radius 1 is 1.05 bits per heavy atom. The summed E-state index contributed by atoms with van der Waals surface area (Å²) in [6, 6.07) is 13.4. The van der Waals surface area contributed by atoms with Gasteiger partial charge in [0.15, 0.2) is 0 Å². The predicted molar refractivity (Wildman–Crippen MR) is 153 cm³/mol. The molecule has 1 aromatic heterocycles. The number of aliphatic carboxylic acids is 1. The molecule has 2 atom stereocenters. The van der Waals surface area contributed by atoms with E-state index in [1.54, 1.807) is 48.2 Å². The van der Waals surface area contributed by atoms with Gasteiger partial charge >= 0.3 is 5.97 Å². The molecule has 1 aliphatic rings. The van der Waals surface area contributed by atoms with Crippen molar-refractivity contribution in [1.82, 2.24) is 19.7 Å². The maximum Gasteiger partial charge on any atom is 0.305 e. The third-order valence-corrected chi connectivity index (χ3v) is 7.57. The maximum absolute atomic E-state index is 13.4. The largest absolute Gasteiger partial charge is 0.481 e. The first-order valence-corrected chi connectivity index (χ1v) is 13.7. The first-order valence-electron chi connectivity index (χ1n) is 13.2. The number of amides is 3. The SMILES string of the molecule is CN(C)C(=O)[C@H]1Cc2c([nH]c3ccccc23)[C@H](c2ccc(C(=O)N(CCC(=O)O)C(C)(C)C)cc2)N1C(=O)CCl. The molecule has 3 aromatic rings. The van der Waals surface area contributed by atoms with Crippen molar-refractivity contribution in [1.29, 1.82) is 0 Å². The van der Waals surface area contributed by atoms with Gasteiger partial charge in [0.05, 0.1) is 12.5 Å². The fraction of sp³-hybridized carbons (Fsp3) is 0.400. The Balaban J connectivity index is 1.81. The van der Waals surface area contributed by atoms with E-state index in [4.69, 9.17) is 16.7 Å². The summed E-state index contributed by atoms with van der Waals surface area (Å²) in [6.07, 6.45) is 0.180. The van der Waals surface area contributed by atoms with Gasteiger partial charge < -0.3 is 24.8 Å². The number of carboxylic acid groups (broad SMARTS) is 1. The quantitative estimate of drug-likeness (QED) is 0.419. The summed E-state index contributed by atoms with van der Waals surface area (Å²) in [7, 11) is 3.33. The third-order valence-electron chi connectivity index (χ3n) is 7.34. The van der Waals surface area contributed by atoms with E-state index in [0.29, 0.717) is 17.5 Å². The van der Waals surface area contributed by atoms with Crippen LogP contribution in [-0.4, -0.2) is 86.6 Å². The summed E-state index contributed by atoms with van der Waals surface area (Å²) < 4.78 is 0. The van der Waals surface area contributed by atoms with Crippen LogP contribution in [0.4, 0.5) is 0 Å².